The van der Waals surface area contributed by atoms with Crippen LogP contribution in [0.3, 0.4) is 0 Å². The average Bonchev–Trinajstić information content (AvgIpc) is 2.45. The van der Waals surface area contributed by atoms with E-state index >= 15 is 0 Å². The Balaban J connectivity index is 2.44. The first-order valence-electron chi connectivity index (χ1n) is 6.43. The van der Waals surface area contributed by atoms with Crippen LogP contribution in [-0.2, 0) is 16.1 Å². The third kappa shape index (κ3) is 5.38. The van der Waals surface area contributed by atoms with Gasteiger partial charge in [0, 0.05) is 25.8 Å². The molecule has 0 fully saturated rings. The van der Waals surface area contributed by atoms with Gasteiger partial charge in [0.25, 0.3) is 0 Å². The van der Waals surface area contributed by atoms with Crippen molar-refractivity contribution in [1.82, 2.24) is 10.6 Å². The van der Waals surface area contributed by atoms with Crippen LogP contribution < -0.4 is 16.4 Å². The molecule has 0 aliphatic rings. The second-order valence-corrected chi connectivity index (χ2v) is 4.45. The zero-order valence-electron chi connectivity index (χ0n) is 11.8. The van der Waals surface area contributed by atoms with Crippen molar-refractivity contribution in [2.45, 2.75) is 19.5 Å². The van der Waals surface area contributed by atoms with Crippen molar-refractivity contribution < 1.29 is 14.3 Å². The fourth-order valence-electron chi connectivity index (χ4n) is 1.63. The van der Waals surface area contributed by atoms with E-state index in [4.69, 9.17) is 10.5 Å². The molecule has 0 heterocycles. The number of methoxy groups -OCH3 is 1. The van der Waals surface area contributed by atoms with E-state index < -0.39 is 5.91 Å². The van der Waals surface area contributed by atoms with Crippen molar-refractivity contribution in [1.29, 1.82) is 0 Å². The number of hydrogen-bond acceptors (Lipinski definition) is 4. The summed E-state index contributed by atoms with van der Waals surface area (Å²) in [6.07, 6.45) is 0. The van der Waals surface area contributed by atoms with E-state index in [0.717, 1.165) is 5.56 Å². The van der Waals surface area contributed by atoms with Gasteiger partial charge in [-0.05, 0) is 24.6 Å². The van der Waals surface area contributed by atoms with Gasteiger partial charge >= 0.3 is 0 Å². The zero-order valence-corrected chi connectivity index (χ0v) is 11.8. The molecule has 1 rings (SSSR count). The summed E-state index contributed by atoms with van der Waals surface area (Å²) < 4.78 is 4.86. The first kappa shape index (κ1) is 16.1. The molecule has 0 bridgehead atoms. The Hall–Kier alpha value is -1.92. The summed E-state index contributed by atoms with van der Waals surface area (Å²) in [7, 11) is 1.58. The predicted octanol–water partition coefficient (Wildman–Crippen LogP) is 0.0262. The number of carbonyl (C=O) groups is 2. The Morgan fingerprint density at radius 1 is 1.40 bits per heavy atom. The van der Waals surface area contributed by atoms with Crippen molar-refractivity contribution in [3.05, 3.63) is 35.4 Å². The third-order valence-electron chi connectivity index (χ3n) is 2.82. The highest BCUT2D eigenvalue weighted by molar-refractivity contribution is 5.92. The van der Waals surface area contributed by atoms with Gasteiger partial charge in [-0.3, -0.25) is 9.59 Å². The molecule has 6 heteroatoms. The molecule has 4 N–H and O–H groups in total. The van der Waals surface area contributed by atoms with E-state index in [-0.39, 0.29) is 11.9 Å². The Morgan fingerprint density at radius 2 is 2.15 bits per heavy atom. The minimum Gasteiger partial charge on any atom is -0.383 e. The Kier molecular flexibility index (Phi) is 6.69. The van der Waals surface area contributed by atoms with E-state index in [1.807, 2.05) is 6.07 Å². The van der Waals surface area contributed by atoms with E-state index in [0.29, 0.717) is 25.3 Å². The van der Waals surface area contributed by atoms with Crippen LogP contribution in [0.5, 0.6) is 0 Å². The molecule has 0 saturated heterocycles. The summed E-state index contributed by atoms with van der Waals surface area (Å²) in [5.41, 5.74) is 6.58. The number of hydrogen-bond donors (Lipinski definition) is 3. The highest BCUT2D eigenvalue weighted by atomic mass is 16.5. The molecule has 1 aromatic carbocycles. The van der Waals surface area contributed by atoms with Gasteiger partial charge in [-0.15, -0.1) is 0 Å². The average molecular weight is 279 g/mol. The van der Waals surface area contributed by atoms with E-state index in [2.05, 4.69) is 10.6 Å². The van der Waals surface area contributed by atoms with Crippen LogP contribution in [0, 0.1) is 0 Å². The van der Waals surface area contributed by atoms with Crippen LogP contribution in [0.4, 0.5) is 0 Å². The van der Waals surface area contributed by atoms with Gasteiger partial charge in [0.15, 0.2) is 0 Å². The molecule has 0 saturated carbocycles. The Labute approximate surface area is 118 Å². The number of benzene rings is 1. The molecule has 110 valence electrons. The summed E-state index contributed by atoms with van der Waals surface area (Å²) in [6, 6.07) is 6.68. The van der Waals surface area contributed by atoms with Crippen molar-refractivity contribution in [2.75, 3.05) is 20.3 Å². The molecule has 0 aromatic heterocycles. The van der Waals surface area contributed by atoms with Gasteiger partial charge in [-0.1, -0.05) is 12.1 Å². The number of carbonyl (C=O) groups excluding carboxylic acids is 2. The monoisotopic (exact) mass is 279 g/mol. The topological polar surface area (TPSA) is 93.4 Å². The van der Waals surface area contributed by atoms with Crippen LogP contribution in [-0.4, -0.2) is 38.1 Å². The molecule has 1 atom stereocenters. The maximum absolute atomic E-state index is 11.7. The number of primary amides is 1. The molecule has 0 radical (unpaired) electrons. The second kappa shape index (κ2) is 8.29. The smallest absolute Gasteiger partial charge is 0.248 e. The van der Waals surface area contributed by atoms with Gasteiger partial charge < -0.3 is 21.1 Å². The largest absolute Gasteiger partial charge is 0.383 e. The standard InChI is InChI=1S/C14H21N3O3/c1-10(14(19)16-6-7-20-2)17-9-11-4-3-5-12(8-11)13(15)18/h3-5,8,10,17H,6-7,9H2,1-2H3,(H2,15,18)(H,16,19). The summed E-state index contributed by atoms with van der Waals surface area (Å²) in [4.78, 5) is 22.8. The minimum atomic E-state index is -0.461. The molecule has 0 aliphatic carbocycles. The fourth-order valence-corrected chi connectivity index (χ4v) is 1.63. The first-order valence-corrected chi connectivity index (χ1v) is 6.43. The number of nitrogens with one attached hydrogen (secondary N) is 2. The van der Waals surface area contributed by atoms with Crippen LogP contribution in [0.15, 0.2) is 24.3 Å². The van der Waals surface area contributed by atoms with Crippen molar-refractivity contribution in [3.63, 3.8) is 0 Å². The summed E-state index contributed by atoms with van der Waals surface area (Å²) in [5, 5.41) is 5.84. The zero-order chi connectivity index (χ0) is 15.0. The SMILES string of the molecule is COCCNC(=O)C(C)NCc1cccc(C(N)=O)c1. The lowest BCUT2D eigenvalue weighted by atomic mass is 10.1. The molecule has 0 spiro atoms. The summed E-state index contributed by atoms with van der Waals surface area (Å²) >= 11 is 0. The Morgan fingerprint density at radius 3 is 2.80 bits per heavy atom. The lowest BCUT2D eigenvalue weighted by Gasteiger charge is -2.14. The normalized spacial score (nSPS) is 11.9. The van der Waals surface area contributed by atoms with Crippen LogP contribution >= 0.6 is 0 Å². The number of amides is 2. The van der Waals surface area contributed by atoms with Crippen molar-refractivity contribution >= 4 is 11.8 Å². The van der Waals surface area contributed by atoms with Gasteiger partial charge in [0.2, 0.25) is 11.8 Å². The van der Waals surface area contributed by atoms with Gasteiger partial charge in [-0.25, -0.2) is 0 Å². The molecule has 0 aliphatic heterocycles. The summed E-state index contributed by atoms with van der Waals surface area (Å²) in [5.74, 6) is -0.551. The highest BCUT2D eigenvalue weighted by Gasteiger charge is 2.11. The van der Waals surface area contributed by atoms with Crippen molar-refractivity contribution in [2.24, 2.45) is 5.73 Å². The maximum Gasteiger partial charge on any atom is 0.248 e. The van der Waals surface area contributed by atoms with E-state index in [1.165, 1.54) is 0 Å². The summed E-state index contributed by atoms with van der Waals surface area (Å²) in [6.45, 7) is 3.23. The molecular formula is C14H21N3O3. The van der Waals surface area contributed by atoms with Crippen LogP contribution in [0.25, 0.3) is 0 Å². The van der Waals surface area contributed by atoms with Gasteiger partial charge in [0.05, 0.1) is 12.6 Å². The lowest BCUT2D eigenvalue weighted by molar-refractivity contribution is -0.122. The lowest BCUT2D eigenvalue weighted by Crippen LogP contribution is -2.42. The molecule has 6 nitrogen and oxygen atoms in total. The van der Waals surface area contributed by atoms with Crippen LogP contribution in [0.1, 0.15) is 22.8 Å². The van der Waals surface area contributed by atoms with E-state index in [9.17, 15) is 9.59 Å². The van der Waals surface area contributed by atoms with Gasteiger partial charge in [0.1, 0.15) is 0 Å². The number of nitrogens with two attached hydrogens (primary N) is 1. The predicted molar refractivity (Wildman–Crippen MR) is 76.1 cm³/mol. The van der Waals surface area contributed by atoms with E-state index in [1.54, 1.807) is 32.2 Å². The molecule has 2 amide bonds. The maximum atomic E-state index is 11.7. The molecular weight excluding hydrogens is 258 g/mol. The van der Waals surface area contributed by atoms with Crippen LogP contribution in [0.2, 0.25) is 0 Å². The van der Waals surface area contributed by atoms with Crippen molar-refractivity contribution in [3.8, 4) is 0 Å². The number of ether oxygens (including phenoxy) is 1. The quantitative estimate of drug-likeness (QED) is 0.585. The fraction of sp³-hybridized carbons (Fsp3) is 0.429. The Bertz CT molecular complexity index is 463. The molecule has 20 heavy (non-hydrogen) atoms. The minimum absolute atomic E-state index is 0.0897. The highest BCUT2D eigenvalue weighted by Crippen LogP contribution is 2.04. The first-order chi connectivity index (χ1) is 9.54. The molecule has 1 aromatic rings. The molecule has 1 unspecified atom stereocenters. The second-order valence-electron chi connectivity index (χ2n) is 4.45. The number of rotatable bonds is 8. The van der Waals surface area contributed by atoms with Gasteiger partial charge in [-0.2, -0.15) is 0 Å². The third-order valence-corrected chi connectivity index (χ3v) is 2.82.